The van der Waals surface area contributed by atoms with E-state index in [-0.39, 0.29) is 0 Å². The predicted octanol–water partition coefficient (Wildman–Crippen LogP) is 2.63. The summed E-state index contributed by atoms with van der Waals surface area (Å²) < 4.78 is 0. The van der Waals surface area contributed by atoms with E-state index in [1.807, 2.05) is 0 Å². The standard InChI is InChI=1S/C14H27N3/c1-3-15-13(16-4-2)17-11-10-14(12-17)8-6-5-7-9-14/h3-12H2,1-2H3,(H,15,16). The molecule has 0 atom stereocenters. The Morgan fingerprint density at radius 1 is 1.18 bits per heavy atom. The number of hydrogen-bond acceptors (Lipinski definition) is 1. The zero-order valence-corrected chi connectivity index (χ0v) is 11.5. The maximum Gasteiger partial charge on any atom is 0.193 e. The Morgan fingerprint density at radius 3 is 2.59 bits per heavy atom. The van der Waals surface area contributed by atoms with E-state index in [0.717, 1.165) is 19.0 Å². The molecule has 0 aromatic carbocycles. The zero-order valence-electron chi connectivity index (χ0n) is 11.5. The monoisotopic (exact) mass is 237 g/mol. The van der Waals surface area contributed by atoms with E-state index in [2.05, 4.69) is 29.1 Å². The second-order valence-electron chi connectivity index (χ2n) is 5.56. The second kappa shape index (κ2) is 5.74. The number of hydrogen-bond donors (Lipinski definition) is 1. The number of aliphatic imine (C=N–C) groups is 1. The predicted molar refractivity (Wildman–Crippen MR) is 73.4 cm³/mol. The van der Waals surface area contributed by atoms with Crippen LogP contribution in [0, 0.1) is 5.41 Å². The smallest absolute Gasteiger partial charge is 0.193 e. The van der Waals surface area contributed by atoms with E-state index in [4.69, 9.17) is 0 Å². The molecule has 1 heterocycles. The first kappa shape index (κ1) is 12.7. The van der Waals surface area contributed by atoms with E-state index >= 15 is 0 Å². The van der Waals surface area contributed by atoms with Gasteiger partial charge in [-0.2, -0.15) is 0 Å². The van der Waals surface area contributed by atoms with Gasteiger partial charge in [-0.25, -0.2) is 0 Å². The average Bonchev–Trinajstić information content (AvgIpc) is 2.74. The van der Waals surface area contributed by atoms with Crippen LogP contribution in [0.4, 0.5) is 0 Å². The number of rotatable bonds is 2. The van der Waals surface area contributed by atoms with Gasteiger partial charge in [0.15, 0.2) is 5.96 Å². The third-order valence-electron chi connectivity index (χ3n) is 4.29. The van der Waals surface area contributed by atoms with E-state index in [0.29, 0.717) is 5.41 Å². The number of likely N-dealkylation sites (tertiary alicyclic amines) is 1. The van der Waals surface area contributed by atoms with Gasteiger partial charge in [0.2, 0.25) is 0 Å². The molecule has 17 heavy (non-hydrogen) atoms. The summed E-state index contributed by atoms with van der Waals surface area (Å²) in [7, 11) is 0. The van der Waals surface area contributed by atoms with E-state index < -0.39 is 0 Å². The van der Waals surface area contributed by atoms with Crippen LogP contribution in [0.3, 0.4) is 0 Å². The van der Waals surface area contributed by atoms with Crippen molar-refractivity contribution in [3.8, 4) is 0 Å². The van der Waals surface area contributed by atoms with Crippen molar-refractivity contribution >= 4 is 5.96 Å². The highest BCUT2D eigenvalue weighted by molar-refractivity contribution is 5.80. The maximum atomic E-state index is 4.61. The molecule has 1 saturated heterocycles. The molecule has 0 bridgehead atoms. The molecular formula is C14H27N3. The van der Waals surface area contributed by atoms with Crippen molar-refractivity contribution in [3.05, 3.63) is 0 Å². The Kier molecular flexibility index (Phi) is 4.30. The molecule has 0 aromatic rings. The van der Waals surface area contributed by atoms with Crippen LogP contribution in [-0.4, -0.2) is 37.0 Å². The third-order valence-corrected chi connectivity index (χ3v) is 4.29. The second-order valence-corrected chi connectivity index (χ2v) is 5.56. The number of guanidine groups is 1. The third kappa shape index (κ3) is 2.93. The van der Waals surface area contributed by atoms with Crippen LogP contribution in [0.1, 0.15) is 52.4 Å². The quantitative estimate of drug-likeness (QED) is 0.590. The molecular weight excluding hydrogens is 210 g/mol. The summed E-state index contributed by atoms with van der Waals surface area (Å²) in [5.74, 6) is 1.14. The van der Waals surface area contributed by atoms with Crippen molar-refractivity contribution in [1.82, 2.24) is 10.2 Å². The molecule has 2 rings (SSSR count). The first-order chi connectivity index (χ1) is 8.29. The lowest BCUT2D eigenvalue weighted by Gasteiger charge is -2.33. The largest absolute Gasteiger partial charge is 0.357 e. The molecule has 1 aliphatic heterocycles. The molecule has 98 valence electrons. The molecule has 3 heteroatoms. The molecule has 0 amide bonds. The number of nitrogens with zero attached hydrogens (tertiary/aromatic N) is 2. The molecule has 0 radical (unpaired) electrons. The minimum atomic E-state index is 0.627. The fourth-order valence-corrected chi connectivity index (χ4v) is 3.40. The van der Waals surface area contributed by atoms with Gasteiger partial charge in [0, 0.05) is 26.2 Å². The molecule has 3 nitrogen and oxygen atoms in total. The van der Waals surface area contributed by atoms with E-state index in [1.165, 1.54) is 51.6 Å². The maximum absolute atomic E-state index is 4.61. The van der Waals surface area contributed by atoms with Gasteiger partial charge in [-0.05, 0) is 38.5 Å². The summed E-state index contributed by atoms with van der Waals surface area (Å²) in [4.78, 5) is 7.09. The average molecular weight is 237 g/mol. The summed E-state index contributed by atoms with van der Waals surface area (Å²) in [5, 5.41) is 3.42. The van der Waals surface area contributed by atoms with Gasteiger partial charge in [0.05, 0.1) is 0 Å². The highest BCUT2D eigenvalue weighted by atomic mass is 15.3. The van der Waals surface area contributed by atoms with Crippen molar-refractivity contribution in [2.45, 2.75) is 52.4 Å². The van der Waals surface area contributed by atoms with Gasteiger partial charge in [-0.15, -0.1) is 0 Å². The van der Waals surface area contributed by atoms with Crippen molar-refractivity contribution < 1.29 is 0 Å². The van der Waals surface area contributed by atoms with E-state index in [9.17, 15) is 0 Å². The zero-order chi connectivity index (χ0) is 12.1. The van der Waals surface area contributed by atoms with Crippen molar-refractivity contribution in [3.63, 3.8) is 0 Å². The van der Waals surface area contributed by atoms with Gasteiger partial charge >= 0.3 is 0 Å². The highest BCUT2D eigenvalue weighted by Gasteiger charge is 2.39. The topological polar surface area (TPSA) is 27.6 Å². The lowest BCUT2D eigenvalue weighted by atomic mass is 9.73. The molecule has 1 saturated carbocycles. The minimum Gasteiger partial charge on any atom is -0.357 e. The van der Waals surface area contributed by atoms with Crippen LogP contribution in [0.15, 0.2) is 4.99 Å². The molecule has 0 aromatic heterocycles. The Bertz CT molecular complexity index is 267. The SMILES string of the molecule is CCN=C(NCC)N1CCC2(CCCCC2)C1. The van der Waals surface area contributed by atoms with Crippen LogP contribution >= 0.6 is 0 Å². The van der Waals surface area contributed by atoms with Crippen molar-refractivity contribution in [2.75, 3.05) is 26.2 Å². The molecule has 1 N–H and O–H groups in total. The van der Waals surface area contributed by atoms with Crippen LogP contribution in [0.25, 0.3) is 0 Å². The van der Waals surface area contributed by atoms with Crippen LogP contribution in [-0.2, 0) is 0 Å². The van der Waals surface area contributed by atoms with E-state index in [1.54, 1.807) is 0 Å². The Hall–Kier alpha value is -0.730. The molecule has 1 spiro atoms. The van der Waals surface area contributed by atoms with Crippen LogP contribution < -0.4 is 5.32 Å². The van der Waals surface area contributed by atoms with Gasteiger partial charge in [0.25, 0.3) is 0 Å². The molecule has 1 aliphatic carbocycles. The molecule has 2 aliphatic rings. The summed E-state index contributed by atoms with van der Waals surface area (Å²) in [6.07, 6.45) is 8.58. The Morgan fingerprint density at radius 2 is 1.94 bits per heavy atom. The van der Waals surface area contributed by atoms with Crippen LogP contribution in [0.2, 0.25) is 0 Å². The molecule has 0 unspecified atom stereocenters. The number of nitrogens with one attached hydrogen (secondary N) is 1. The lowest BCUT2D eigenvalue weighted by Crippen LogP contribution is -2.41. The highest BCUT2D eigenvalue weighted by Crippen LogP contribution is 2.43. The summed E-state index contributed by atoms with van der Waals surface area (Å²) in [6.45, 7) is 8.56. The Labute approximate surface area is 106 Å². The van der Waals surface area contributed by atoms with Gasteiger partial charge in [-0.3, -0.25) is 4.99 Å². The minimum absolute atomic E-state index is 0.627. The fourth-order valence-electron chi connectivity index (χ4n) is 3.40. The van der Waals surface area contributed by atoms with Gasteiger partial charge in [-0.1, -0.05) is 19.3 Å². The summed E-state index contributed by atoms with van der Waals surface area (Å²) >= 11 is 0. The van der Waals surface area contributed by atoms with Crippen LogP contribution in [0.5, 0.6) is 0 Å². The lowest BCUT2D eigenvalue weighted by molar-refractivity contribution is 0.203. The van der Waals surface area contributed by atoms with Gasteiger partial charge in [0.1, 0.15) is 0 Å². The summed E-state index contributed by atoms with van der Waals surface area (Å²) in [5.41, 5.74) is 0.627. The Balaban J connectivity index is 1.97. The first-order valence-electron chi connectivity index (χ1n) is 7.33. The fraction of sp³-hybridized carbons (Fsp3) is 0.929. The van der Waals surface area contributed by atoms with Crippen molar-refractivity contribution in [1.29, 1.82) is 0 Å². The van der Waals surface area contributed by atoms with Crippen molar-refractivity contribution in [2.24, 2.45) is 10.4 Å². The molecule has 2 fully saturated rings. The normalized spacial score (nSPS) is 24.4. The van der Waals surface area contributed by atoms with Gasteiger partial charge < -0.3 is 10.2 Å². The summed E-state index contributed by atoms with van der Waals surface area (Å²) in [6, 6.07) is 0. The first-order valence-corrected chi connectivity index (χ1v) is 7.33.